The molecule has 0 amide bonds. The summed E-state index contributed by atoms with van der Waals surface area (Å²) in [6.45, 7) is 6.88. The Labute approximate surface area is 85.3 Å². The van der Waals surface area contributed by atoms with Gasteiger partial charge in [-0.3, -0.25) is 0 Å². The Morgan fingerprint density at radius 1 is 1.29 bits per heavy atom. The Bertz CT molecular complexity index is 316. The third-order valence-corrected chi connectivity index (χ3v) is 2.85. The third kappa shape index (κ3) is 1.97. The van der Waals surface area contributed by atoms with Gasteiger partial charge in [-0.15, -0.1) is 0 Å². The van der Waals surface area contributed by atoms with Gasteiger partial charge in [0.15, 0.2) is 0 Å². The second-order valence-electron chi connectivity index (χ2n) is 3.93. The Morgan fingerprint density at radius 2 is 2.14 bits per heavy atom. The Kier molecular flexibility index (Phi) is 2.85. The van der Waals surface area contributed by atoms with Gasteiger partial charge in [-0.1, -0.05) is 18.2 Å². The smallest absolute Gasteiger partial charge is 0.0662 e. The van der Waals surface area contributed by atoms with E-state index in [9.17, 15) is 0 Å². The maximum Gasteiger partial charge on any atom is 0.0662 e. The van der Waals surface area contributed by atoms with Gasteiger partial charge in [-0.05, 0) is 30.5 Å². The molecule has 1 aliphatic heterocycles. The number of aryl methyl sites for hydroxylation is 2. The van der Waals surface area contributed by atoms with E-state index < -0.39 is 0 Å². The van der Waals surface area contributed by atoms with E-state index in [0.717, 1.165) is 19.8 Å². The molecule has 1 saturated heterocycles. The van der Waals surface area contributed by atoms with E-state index in [-0.39, 0.29) is 0 Å². The van der Waals surface area contributed by atoms with Crippen LogP contribution >= 0.6 is 0 Å². The van der Waals surface area contributed by atoms with Crippen molar-refractivity contribution in [3.63, 3.8) is 0 Å². The third-order valence-electron chi connectivity index (χ3n) is 2.85. The van der Waals surface area contributed by atoms with Crippen molar-refractivity contribution in [2.24, 2.45) is 0 Å². The normalized spacial score (nSPS) is 22.3. The first-order chi connectivity index (χ1) is 6.77. The number of rotatable bonds is 1. The van der Waals surface area contributed by atoms with Crippen LogP contribution in [0.3, 0.4) is 0 Å². The van der Waals surface area contributed by atoms with Gasteiger partial charge in [0, 0.05) is 6.54 Å². The summed E-state index contributed by atoms with van der Waals surface area (Å²) in [5.74, 6) is 0. The van der Waals surface area contributed by atoms with Crippen molar-refractivity contribution in [1.29, 1.82) is 0 Å². The summed E-state index contributed by atoms with van der Waals surface area (Å²) in [5.41, 5.74) is 4.05. The molecule has 1 aliphatic rings. The van der Waals surface area contributed by atoms with E-state index in [4.69, 9.17) is 4.74 Å². The zero-order valence-corrected chi connectivity index (χ0v) is 8.84. The molecule has 1 N–H and O–H groups in total. The van der Waals surface area contributed by atoms with Crippen LogP contribution in [0.25, 0.3) is 0 Å². The predicted molar refractivity (Wildman–Crippen MR) is 57.5 cm³/mol. The standard InChI is InChI=1S/C12H17NO/c1-9-3-4-11(7-10(9)2)12-8-14-6-5-13-12/h3-4,7,12-13H,5-6,8H2,1-2H3. The fourth-order valence-electron chi connectivity index (χ4n) is 1.76. The second-order valence-corrected chi connectivity index (χ2v) is 3.93. The van der Waals surface area contributed by atoms with Gasteiger partial charge < -0.3 is 10.1 Å². The van der Waals surface area contributed by atoms with Crippen molar-refractivity contribution in [2.45, 2.75) is 19.9 Å². The van der Waals surface area contributed by atoms with Gasteiger partial charge in [0.2, 0.25) is 0 Å². The molecule has 0 bridgehead atoms. The van der Waals surface area contributed by atoms with Crippen LogP contribution in [0.15, 0.2) is 18.2 Å². The lowest BCUT2D eigenvalue weighted by atomic mass is 10.0. The number of morpholine rings is 1. The van der Waals surface area contributed by atoms with Crippen LogP contribution in [0.5, 0.6) is 0 Å². The first-order valence-electron chi connectivity index (χ1n) is 5.15. The van der Waals surface area contributed by atoms with Crippen LogP contribution in [0.1, 0.15) is 22.7 Å². The van der Waals surface area contributed by atoms with Crippen molar-refractivity contribution in [3.8, 4) is 0 Å². The average Bonchev–Trinajstić information content (AvgIpc) is 2.23. The lowest BCUT2D eigenvalue weighted by molar-refractivity contribution is 0.0768. The first kappa shape index (κ1) is 9.69. The van der Waals surface area contributed by atoms with E-state index in [2.05, 4.69) is 37.4 Å². The van der Waals surface area contributed by atoms with E-state index >= 15 is 0 Å². The summed E-state index contributed by atoms with van der Waals surface area (Å²) in [6.07, 6.45) is 0. The van der Waals surface area contributed by atoms with Crippen LogP contribution in [0.2, 0.25) is 0 Å². The van der Waals surface area contributed by atoms with E-state index in [1.807, 2.05) is 0 Å². The highest BCUT2D eigenvalue weighted by atomic mass is 16.5. The minimum atomic E-state index is 0.378. The molecule has 14 heavy (non-hydrogen) atoms. The van der Waals surface area contributed by atoms with Crippen LogP contribution in [0.4, 0.5) is 0 Å². The van der Waals surface area contributed by atoms with Crippen LogP contribution < -0.4 is 5.32 Å². The molecule has 1 unspecified atom stereocenters. The van der Waals surface area contributed by atoms with E-state index in [1.54, 1.807) is 0 Å². The largest absolute Gasteiger partial charge is 0.378 e. The number of hydrogen-bond donors (Lipinski definition) is 1. The number of nitrogens with one attached hydrogen (secondary N) is 1. The van der Waals surface area contributed by atoms with Crippen molar-refractivity contribution >= 4 is 0 Å². The highest BCUT2D eigenvalue weighted by molar-refractivity contribution is 5.31. The molecule has 1 heterocycles. The molecule has 0 radical (unpaired) electrons. The lowest BCUT2D eigenvalue weighted by Gasteiger charge is -2.24. The summed E-state index contributed by atoms with van der Waals surface area (Å²) in [7, 11) is 0. The van der Waals surface area contributed by atoms with Gasteiger partial charge >= 0.3 is 0 Å². The minimum absolute atomic E-state index is 0.378. The summed E-state index contributed by atoms with van der Waals surface area (Å²) in [5, 5.41) is 3.46. The highest BCUT2D eigenvalue weighted by Crippen LogP contribution is 2.18. The molecule has 1 fully saturated rings. The van der Waals surface area contributed by atoms with Crippen molar-refractivity contribution < 1.29 is 4.74 Å². The zero-order valence-electron chi connectivity index (χ0n) is 8.84. The molecule has 2 rings (SSSR count). The molecule has 0 aromatic heterocycles. The Hall–Kier alpha value is -0.860. The van der Waals surface area contributed by atoms with E-state index in [1.165, 1.54) is 16.7 Å². The van der Waals surface area contributed by atoms with Gasteiger partial charge in [-0.2, -0.15) is 0 Å². The molecule has 0 saturated carbocycles. The number of ether oxygens (including phenoxy) is 1. The average molecular weight is 191 g/mol. The predicted octanol–water partition coefficient (Wildman–Crippen LogP) is 1.96. The maximum absolute atomic E-state index is 5.44. The maximum atomic E-state index is 5.44. The van der Waals surface area contributed by atoms with Crippen LogP contribution in [-0.4, -0.2) is 19.8 Å². The van der Waals surface area contributed by atoms with Crippen LogP contribution in [-0.2, 0) is 4.74 Å². The fourth-order valence-corrected chi connectivity index (χ4v) is 1.76. The highest BCUT2D eigenvalue weighted by Gasteiger charge is 2.14. The topological polar surface area (TPSA) is 21.3 Å². The van der Waals surface area contributed by atoms with Crippen molar-refractivity contribution in [3.05, 3.63) is 34.9 Å². The fraction of sp³-hybridized carbons (Fsp3) is 0.500. The molecular weight excluding hydrogens is 174 g/mol. The summed E-state index contributed by atoms with van der Waals surface area (Å²) in [4.78, 5) is 0. The first-order valence-corrected chi connectivity index (χ1v) is 5.15. The lowest BCUT2D eigenvalue weighted by Crippen LogP contribution is -2.34. The van der Waals surface area contributed by atoms with Crippen LogP contribution in [0, 0.1) is 13.8 Å². The van der Waals surface area contributed by atoms with Gasteiger partial charge in [0.05, 0.1) is 19.3 Å². The monoisotopic (exact) mass is 191 g/mol. The molecule has 0 spiro atoms. The number of hydrogen-bond acceptors (Lipinski definition) is 2. The molecule has 2 nitrogen and oxygen atoms in total. The van der Waals surface area contributed by atoms with Gasteiger partial charge in [0.25, 0.3) is 0 Å². The SMILES string of the molecule is Cc1ccc(C2COCCN2)cc1C. The summed E-state index contributed by atoms with van der Waals surface area (Å²) in [6, 6.07) is 7.00. The molecule has 1 aromatic carbocycles. The zero-order chi connectivity index (χ0) is 9.97. The Balaban J connectivity index is 2.18. The minimum Gasteiger partial charge on any atom is -0.378 e. The van der Waals surface area contributed by atoms with Gasteiger partial charge in [-0.25, -0.2) is 0 Å². The molecule has 2 heteroatoms. The Morgan fingerprint density at radius 3 is 2.79 bits per heavy atom. The molecule has 0 aliphatic carbocycles. The second kappa shape index (κ2) is 4.11. The van der Waals surface area contributed by atoms with Crippen molar-refractivity contribution in [2.75, 3.05) is 19.8 Å². The molecular formula is C12H17NO. The molecule has 1 aromatic rings. The van der Waals surface area contributed by atoms with E-state index in [0.29, 0.717) is 6.04 Å². The summed E-state index contributed by atoms with van der Waals surface area (Å²) < 4.78 is 5.44. The van der Waals surface area contributed by atoms with Gasteiger partial charge in [0.1, 0.15) is 0 Å². The summed E-state index contributed by atoms with van der Waals surface area (Å²) >= 11 is 0. The number of benzene rings is 1. The van der Waals surface area contributed by atoms with Crippen molar-refractivity contribution in [1.82, 2.24) is 5.32 Å². The molecule has 76 valence electrons. The molecule has 1 atom stereocenters. The quantitative estimate of drug-likeness (QED) is 0.732.